The van der Waals surface area contributed by atoms with Gasteiger partial charge in [-0.2, -0.15) is 13.2 Å². The number of benzene rings is 1. The Labute approximate surface area is 305 Å². The summed E-state index contributed by atoms with van der Waals surface area (Å²) in [7, 11) is 0.500. The summed E-state index contributed by atoms with van der Waals surface area (Å²) in [4.78, 5) is 5.20. The number of alkyl halides is 4. The van der Waals surface area contributed by atoms with Gasteiger partial charge in [0, 0.05) is 19.2 Å². The molecule has 3 rings (SSSR count). The molecule has 0 unspecified atom stereocenters. The molecule has 0 aromatic heterocycles. The molecule has 50 heavy (non-hydrogen) atoms. The van der Waals surface area contributed by atoms with Gasteiger partial charge in [-0.15, -0.1) is 0 Å². The quantitative estimate of drug-likeness (QED) is 0.136. The Kier molecular flexibility index (Phi) is 31.4. The van der Waals surface area contributed by atoms with Gasteiger partial charge in [0.15, 0.2) is 0 Å². The maximum absolute atomic E-state index is 11.0. The van der Waals surface area contributed by atoms with Gasteiger partial charge < -0.3 is 4.90 Å². The van der Waals surface area contributed by atoms with E-state index in [1.807, 2.05) is 39.8 Å². The summed E-state index contributed by atoms with van der Waals surface area (Å²) in [5.74, 6) is 0.856. The Bertz CT molecular complexity index is 1130. The molecule has 2 aliphatic rings. The van der Waals surface area contributed by atoms with Gasteiger partial charge in [0.1, 0.15) is 0 Å². The van der Waals surface area contributed by atoms with Crippen LogP contribution in [-0.2, 0) is 6.54 Å². The molecule has 2 heterocycles. The minimum atomic E-state index is -4.13. The molecule has 6 heteroatoms. The minimum Gasteiger partial charge on any atom is -0.304 e. The number of hydrogen-bond acceptors (Lipinski definition) is 2. The fourth-order valence-electron chi connectivity index (χ4n) is 5.68. The Balaban J connectivity index is 0. The van der Waals surface area contributed by atoms with E-state index in [4.69, 9.17) is 0 Å². The Morgan fingerprint density at radius 3 is 2.04 bits per heavy atom. The average molecular weight is 703 g/mol. The lowest BCUT2D eigenvalue weighted by Gasteiger charge is -2.31. The molecule has 2 saturated heterocycles. The molecule has 2 aliphatic heterocycles. The number of hydrogen-bond donors (Lipinski definition) is 0. The highest BCUT2D eigenvalue weighted by molar-refractivity contribution is 5.42. The topological polar surface area (TPSA) is 6.48 Å². The summed E-state index contributed by atoms with van der Waals surface area (Å²) in [5.41, 5.74) is 6.86. The first-order valence-corrected chi connectivity index (χ1v) is 18.6. The van der Waals surface area contributed by atoms with Gasteiger partial charge in [0.25, 0.3) is 0 Å². The molecular weight excluding hydrogens is 632 g/mol. The van der Waals surface area contributed by atoms with Crippen molar-refractivity contribution in [1.82, 2.24) is 9.80 Å². The monoisotopic (exact) mass is 703 g/mol. The van der Waals surface area contributed by atoms with Gasteiger partial charge in [-0.25, -0.2) is 0 Å². The van der Waals surface area contributed by atoms with Crippen LogP contribution in [0.3, 0.4) is 0 Å². The molecule has 0 N–H and O–H groups in total. The second kappa shape index (κ2) is 32.0. The van der Waals surface area contributed by atoms with E-state index in [0.717, 1.165) is 31.5 Å². The van der Waals surface area contributed by atoms with E-state index in [9.17, 15) is 17.6 Å². The van der Waals surface area contributed by atoms with Gasteiger partial charge in [-0.05, 0) is 121 Å². The highest BCUT2D eigenvalue weighted by atomic mass is 19.4. The molecule has 1 aromatic rings. The van der Waals surface area contributed by atoms with Crippen LogP contribution in [0.4, 0.5) is 17.6 Å². The third-order valence-corrected chi connectivity index (χ3v) is 8.46. The van der Waals surface area contributed by atoms with E-state index in [1.54, 1.807) is 5.57 Å². The van der Waals surface area contributed by atoms with E-state index < -0.39 is 6.18 Å². The fourth-order valence-corrected chi connectivity index (χ4v) is 5.68. The summed E-state index contributed by atoms with van der Waals surface area (Å²) in [6.07, 6.45) is 20.0. The second-order valence-corrected chi connectivity index (χ2v) is 12.3. The Morgan fingerprint density at radius 1 is 0.920 bits per heavy atom. The van der Waals surface area contributed by atoms with E-state index in [0.29, 0.717) is 7.18 Å². The van der Waals surface area contributed by atoms with Crippen LogP contribution in [0.2, 0.25) is 0 Å². The lowest BCUT2D eigenvalue weighted by atomic mass is 9.88. The average Bonchev–Trinajstić information content (AvgIpc) is 3.11. The van der Waals surface area contributed by atoms with Crippen LogP contribution in [-0.4, -0.2) is 55.9 Å². The molecular formula is C44H70F4N2. The zero-order valence-electron chi connectivity index (χ0n) is 32.8. The van der Waals surface area contributed by atoms with Crippen molar-refractivity contribution in [1.29, 1.82) is 0 Å². The smallest absolute Gasteiger partial charge is 0.304 e. The normalized spacial score (nSPS) is 17.6. The molecule has 0 amide bonds. The summed E-state index contributed by atoms with van der Waals surface area (Å²) >= 11 is 0. The molecule has 0 bridgehead atoms. The SMILES string of the molecule is C/C=C\C(C)=C/C.C/C=C\C(F)(F)F.C=C/C=C(\C=C1/CCCCCN(Cc2ccccc2)C1)C(=C)CCC1CCN(CC)CC1.CC.CF. The standard InChI is InChI=1S/C30H44N2.C7H12.C4H5F3.C2H6.CH3F/c1-4-12-30(26(3)16-17-27-18-21-31(5-2)22-19-27)23-29-15-10-7-11-20-32(25-29)24-28-13-8-6-9-14-28;1-4-6-7(3)5-2;1-2-3-4(5,6)7;2*1-2/h4,6,8-9,12-14,23,27H,1,3,5,7,10-11,15-22,24-25H2,2H3;4-6H,1-3H3;2-3H,1H3;1-2H3;1H3/b29-23+,30-12+;6-4-,7-5-;3-2-;;. The first-order valence-electron chi connectivity index (χ1n) is 18.6. The van der Waals surface area contributed by atoms with Gasteiger partial charge in [-0.3, -0.25) is 9.29 Å². The van der Waals surface area contributed by atoms with Crippen molar-refractivity contribution in [2.24, 2.45) is 5.92 Å². The zero-order valence-corrected chi connectivity index (χ0v) is 32.8. The number of halogens is 4. The van der Waals surface area contributed by atoms with Gasteiger partial charge in [0.2, 0.25) is 0 Å². The largest absolute Gasteiger partial charge is 0.409 e. The van der Waals surface area contributed by atoms with Crippen molar-refractivity contribution in [2.75, 3.05) is 39.9 Å². The number of allylic oxidation sites excluding steroid dienone is 11. The molecule has 0 aliphatic carbocycles. The van der Waals surface area contributed by atoms with Crippen LogP contribution in [0, 0.1) is 5.92 Å². The molecule has 284 valence electrons. The highest BCUT2D eigenvalue weighted by Crippen LogP contribution is 2.27. The predicted octanol–water partition coefficient (Wildman–Crippen LogP) is 13.4. The van der Waals surface area contributed by atoms with Gasteiger partial charge in [-0.1, -0.05) is 124 Å². The third kappa shape index (κ3) is 25.9. The van der Waals surface area contributed by atoms with Gasteiger partial charge in [0.05, 0.1) is 7.18 Å². The number of rotatable bonds is 10. The molecule has 0 radical (unpaired) electrons. The first kappa shape index (κ1) is 49.2. The fraction of sp³-hybridized carbons (Fsp3) is 0.545. The lowest BCUT2D eigenvalue weighted by molar-refractivity contribution is -0.0799. The minimum absolute atomic E-state index is 0.188. The Hall–Kier alpha value is -2.96. The molecule has 2 nitrogen and oxygen atoms in total. The van der Waals surface area contributed by atoms with Crippen molar-refractivity contribution in [3.63, 3.8) is 0 Å². The van der Waals surface area contributed by atoms with E-state index in [-0.39, 0.29) is 6.08 Å². The lowest BCUT2D eigenvalue weighted by Crippen LogP contribution is -2.33. The van der Waals surface area contributed by atoms with Crippen LogP contribution in [0.1, 0.15) is 105 Å². The molecule has 0 saturated carbocycles. The molecule has 2 fully saturated rings. The van der Waals surface area contributed by atoms with Crippen LogP contribution >= 0.6 is 0 Å². The molecule has 0 atom stereocenters. The van der Waals surface area contributed by atoms with Crippen molar-refractivity contribution >= 4 is 0 Å². The molecule has 1 aromatic carbocycles. The van der Waals surface area contributed by atoms with Crippen LogP contribution < -0.4 is 0 Å². The van der Waals surface area contributed by atoms with Crippen LogP contribution in [0.15, 0.2) is 114 Å². The van der Waals surface area contributed by atoms with Crippen LogP contribution in [0.5, 0.6) is 0 Å². The first-order chi connectivity index (χ1) is 24.0. The van der Waals surface area contributed by atoms with Crippen molar-refractivity contribution in [3.05, 3.63) is 120 Å². The van der Waals surface area contributed by atoms with E-state index >= 15 is 0 Å². The van der Waals surface area contributed by atoms with Crippen molar-refractivity contribution in [3.8, 4) is 0 Å². The molecule has 0 spiro atoms. The van der Waals surface area contributed by atoms with E-state index in [2.05, 4.69) is 91.4 Å². The summed E-state index contributed by atoms with van der Waals surface area (Å²) < 4.78 is 42.4. The highest BCUT2D eigenvalue weighted by Gasteiger charge is 2.21. The Morgan fingerprint density at radius 2 is 1.56 bits per heavy atom. The predicted molar refractivity (Wildman–Crippen MR) is 213 cm³/mol. The zero-order chi connectivity index (χ0) is 38.2. The summed E-state index contributed by atoms with van der Waals surface area (Å²) in [6, 6.07) is 10.9. The van der Waals surface area contributed by atoms with Crippen molar-refractivity contribution in [2.45, 2.75) is 113 Å². The van der Waals surface area contributed by atoms with Crippen LogP contribution in [0.25, 0.3) is 0 Å². The number of piperidine rings is 1. The van der Waals surface area contributed by atoms with Crippen molar-refractivity contribution < 1.29 is 17.6 Å². The summed E-state index contributed by atoms with van der Waals surface area (Å²) in [5, 5.41) is 0. The maximum atomic E-state index is 11.0. The summed E-state index contributed by atoms with van der Waals surface area (Å²) in [6.45, 7) is 29.2. The van der Waals surface area contributed by atoms with E-state index in [1.165, 1.54) is 100 Å². The van der Waals surface area contributed by atoms with Gasteiger partial charge >= 0.3 is 6.18 Å². The number of nitrogens with zero attached hydrogens (tertiary/aromatic N) is 2. The maximum Gasteiger partial charge on any atom is 0.409 e. The number of likely N-dealkylation sites (tertiary alicyclic amines) is 2. The second-order valence-electron chi connectivity index (χ2n) is 12.3. The third-order valence-electron chi connectivity index (χ3n) is 8.46.